The third-order valence-corrected chi connectivity index (χ3v) is 5.02. The minimum Gasteiger partial charge on any atom is -0.351 e. The van der Waals surface area contributed by atoms with Gasteiger partial charge < -0.3 is 15.1 Å². The van der Waals surface area contributed by atoms with Gasteiger partial charge in [0.1, 0.15) is 0 Å². The molecule has 1 aromatic rings. The quantitative estimate of drug-likeness (QED) is 0.721. The number of likely N-dealkylation sites (tertiary alicyclic amines) is 1. The maximum atomic E-state index is 12.5. The van der Waals surface area contributed by atoms with Gasteiger partial charge in [0.05, 0.1) is 6.54 Å². The zero-order valence-corrected chi connectivity index (χ0v) is 15.6. The first-order valence-corrected chi connectivity index (χ1v) is 9.54. The lowest BCUT2D eigenvalue weighted by Crippen LogP contribution is -3.14. The molecular formula is C20H32N3O2+. The molecular weight excluding hydrogens is 314 g/mol. The van der Waals surface area contributed by atoms with Crippen molar-refractivity contribution in [3.8, 4) is 0 Å². The minimum absolute atomic E-state index is 0.0220. The monoisotopic (exact) mass is 346 g/mol. The first kappa shape index (κ1) is 19.4. The number of carbonyl (C=O) groups is 2. The molecule has 1 aromatic carbocycles. The summed E-state index contributed by atoms with van der Waals surface area (Å²) in [5, 5.41) is 2.81. The molecule has 0 aromatic heterocycles. The van der Waals surface area contributed by atoms with Gasteiger partial charge in [0.15, 0.2) is 13.1 Å². The van der Waals surface area contributed by atoms with Crippen LogP contribution >= 0.6 is 0 Å². The number of piperidine rings is 1. The molecule has 0 saturated carbocycles. The number of benzene rings is 1. The molecule has 1 saturated heterocycles. The Bertz CT molecular complexity index is 539. The maximum Gasteiger partial charge on any atom is 0.277 e. The van der Waals surface area contributed by atoms with Crippen LogP contribution in [0.15, 0.2) is 30.3 Å². The fourth-order valence-corrected chi connectivity index (χ4v) is 3.46. The van der Waals surface area contributed by atoms with Crippen molar-refractivity contribution in [1.82, 2.24) is 10.2 Å². The number of hydrogen-bond acceptors (Lipinski definition) is 2. The van der Waals surface area contributed by atoms with Crippen molar-refractivity contribution in [2.24, 2.45) is 5.92 Å². The van der Waals surface area contributed by atoms with E-state index in [0.29, 0.717) is 25.6 Å². The Kier molecular flexibility index (Phi) is 7.92. The van der Waals surface area contributed by atoms with E-state index in [0.717, 1.165) is 43.8 Å². The van der Waals surface area contributed by atoms with Gasteiger partial charge >= 0.3 is 0 Å². The van der Waals surface area contributed by atoms with Crippen molar-refractivity contribution in [1.29, 1.82) is 0 Å². The van der Waals surface area contributed by atoms with E-state index in [1.54, 1.807) is 0 Å². The van der Waals surface area contributed by atoms with Gasteiger partial charge in [0.25, 0.3) is 11.8 Å². The normalized spacial score (nSPS) is 16.5. The predicted octanol–water partition coefficient (Wildman–Crippen LogP) is 0.509. The third kappa shape index (κ3) is 6.50. The van der Waals surface area contributed by atoms with Crippen molar-refractivity contribution in [2.75, 3.05) is 39.3 Å². The van der Waals surface area contributed by atoms with E-state index in [1.807, 2.05) is 24.8 Å². The Morgan fingerprint density at radius 1 is 1.12 bits per heavy atom. The van der Waals surface area contributed by atoms with Crippen LogP contribution in [0.5, 0.6) is 0 Å². The molecule has 0 bridgehead atoms. The molecule has 25 heavy (non-hydrogen) atoms. The molecule has 1 aliphatic rings. The second-order valence-corrected chi connectivity index (χ2v) is 6.92. The van der Waals surface area contributed by atoms with Crippen molar-refractivity contribution >= 4 is 11.8 Å². The molecule has 138 valence electrons. The van der Waals surface area contributed by atoms with Gasteiger partial charge in [-0.3, -0.25) is 9.59 Å². The summed E-state index contributed by atoms with van der Waals surface area (Å²) in [6.07, 6.45) is 3.24. The number of amides is 2. The average Bonchev–Trinajstić information content (AvgIpc) is 2.62. The van der Waals surface area contributed by atoms with Crippen molar-refractivity contribution in [2.45, 2.75) is 33.1 Å². The van der Waals surface area contributed by atoms with Crippen LogP contribution in [0, 0.1) is 5.92 Å². The fourth-order valence-electron chi connectivity index (χ4n) is 3.46. The van der Waals surface area contributed by atoms with E-state index in [9.17, 15) is 9.59 Å². The summed E-state index contributed by atoms with van der Waals surface area (Å²) in [5.41, 5.74) is 1.39. The zero-order valence-electron chi connectivity index (χ0n) is 15.6. The van der Waals surface area contributed by atoms with Crippen LogP contribution in [0.1, 0.15) is 32.3 Å². The van der Waals surface area contributed by atoms with Gasteiger partial charge in [-0.15, -0.1) is 0 Å². The zero-order chi connectivity index (χ0) is 18.1. The summed E-state index contributed by atoms with van der Waals surface area (Å²) in [7, 11) is 0. The second kappa shape index (κ2) is 10.2. The Balaban J connectivity index is 1.75. The van der Waals surface area contributed by atoms with Gasteiger partial charge in [-0.05, 0) is 44.6 Å². The highest BCUT2D eigenvalue weighted by atomic mass is 16.2. The number of hydrogen-bond donors (Lipinski definition) is 2. The summed E-state index contributed by atoms with van der Waals surface area (Å²) in [6.45, 7) is 7.83. The first-order valence-electron chi connectivity index (χ1n) is 9.54. The van der Waals surface area contributed by atoms with E-state index in [2.05, 4.69) is 29.6 Å². The summed E-state index contributed by atoms with van der Waals surface area (Å²) in [5.74, 6) is 0.865. The molecule has 1 fully saturated rings. The lowest BCUT2D eigenvalue weighted by molar-refractivity contribution is -0.882. The van der Waals surface area contributed by atoms with E-state index < -0.39 is 0 Å². The summed E-state index contributed by atoms with van der Waals surface area (Å²) < 4.78 is 0. The van der Waals surface area contributed by atoms with Crippen LogP contribution in [0.25, 0.3) is 0 Å². The fraction of sp³-hybridized carbons (Fsp3) is 0.600. The Morgan fingerprint density at radius 2 is 1.80 bits per heavy atom. The summed E-state index contributed by atoms with van der Waals surface area (Å²) in [6, 6.07) is 10.6. The number of rotatable bonds is 8. The largest absolute Gasteiger partial charge is 0.351 e. The van der Waals surface area contributed by atoms with Crippen LogP contribution in [0.4, 0.5) is 0 Å². The van der Waals surface area contributed by atoms with Gasteiger partial charge in [-0.25, -0.2) is 0 Å². The Morgan fingerprint density at radius 3 is 2.40 bits per heavy atom. The smallest absolute Gasteiger partial charge is 0.277 e. The molecule has 0 aliphatic carbocycles. The summed E-state index contributed by atoms with van der Waals surface area (Å²) in [4.78, 5) is 27.3. The number of nitrogens with zero attached hydrogens (tertiary/aromatic N) is 1. The highest BCUT2D eigenvalue weighted by Gasteiger charge is 2.26. The number of likely N-dealkylation sites (N-methyl/N-ethyl adjacent to an activating group) is 2. The minimum atomic E-state index is 0.0220. The van der Waals surface area contributed by atoms with E-state index >= 15 is 0 Å². The van der Waals surface area contributed by atoms with Gasteiger partial charge in [0, 0.05) is 19.6 Å². The molecule has 0 spiro atoms. The molecule has 2 rings (SSSR count). The first-order chi connectivity index (χ1) is 12.1. The molecule has 1 heterocycles. The maximum absolute atomic E-state index is 12.5. The summed E-state index contributed by atoms with van der Waals surface area (Å²) >= 11 is 0. The SMILES string of the molecule is CCNC(=O)C[NH+](CC)CC(=O)N1CCC(Cc2ccccc2)CC1. The van der Waals surface area contributed by atoms with Crippen LogP contribution in [-0.2, 0) is 16.0 Å². The van der Waals surface area contributed by atoms with Crippen LogP contribution < -0.4 is 10.2 Å². The van der Waals surface area contributed by atoms with Gasteiger partial charge in [-0.1, -0.05) is 30.3 Å². The third-order valence-electron chi connectivity index (χ3n) is 5.02. The Hall–Kier alpha value is -1.88. The van der Waals surface area contributed by atoms with E-state index in [-0.39, 0.29) is 11.8 Å². The topological polar surface area (TPSA) is 53.9 Å². The molecule has 1 aliphatic heterocycles. The highest BCUT2D eigenvalue weighted by Crippen LogP contribution is 2.21. The molecule has 5 heteroatoms. The van der Waals surface area contributed by atoms with Gasteiger partial charge in [-0.2, -0.15) is 0 Å². The average molecular weight is 346 g/mol. The Labute approximate surface area is 151 Å². The predicted molar refractivity (Wildman–Crippen MR) is 99.4 cm³/mol. The standard InChI is InChI=1S/C20H31N3O2/c1-3-21-19(24)15-22(4-2)16-20(25)23-12-10-18(11-13-23)14-17-8-6-5-7-9-17/h5-9,18H,3-4,10-16H2,1-2H3,(H,21,24)/p+1. The number of quaternary nitrogens is 1. The molecule has 1 unspecified atom stereocenters. The second-order valence-electron chi connectivity index (χ2n) is 6.92. The molecule has 1 atom stereocenters. The number of nitrogens with one attached hydrogen (secondary N) is 2. The van der Waals surface area contributed by atoms with Crippen LogP contribution in [-0.4, -0.2) is 56.0 Å². The lowest BCUT2D eigenvalue weighted by Gasteiger charge is -2.32. The molecule has 2 N–H and O–H groups in total. The molecule has 5 nitrogen and oxygen atoms in total. The molecule has 0 radical (unpaired) electrons. The molecule has 2 amide bonds. The van der Waals surface area contributed by atoms with Crippen LogP contribution in [0.3, 0.4) is 0 Å². The van der Waals surface area contributed by atoms with E-state index in [4.69, 9.17) is 0 Å². The lowest BCUT2D eigenvalue weighted by atomic mass is 9.90. The highest BCUT2D eigenvalue weighted by molar-refractivity contribution is 5.79. The van der Waals surface area contributed by atoms with Crippen LogP contribution in [0.2, 0.25) is 0 Å². The number of carbonyl (C=O) groups excluding carboxylic acids is 2. The van der Waals surface area contributed by atoms with E-state index in [1.165, 1.54) is 5.56 Å². The van der Waals surface area contributed by atoms with Crippen molar-refractivity contribution in [3.63, 3.8) is 0 Å². The van der Waals surface area contributed by atoms with Gasteiger partial charge in [0.2, 0.25) is 0 Å². The van der Waals surface area contributed by atoms with Crippen molar-refractivity contribution < 1.29 is 14.5 Å². The van der Waals surface area contributed by atoms with Crippen molar-refractivity contribution in [3.05, 3.63) is 35.9 Å².